The smallest absolute Gasteiger partial charge is 0.339 e. The Bertz CT molecular complexity index is 403. The molecular formula is C12H20F3N3S. The van der Waals surface area contributed by atoms with Gasteiger partial charge >= 0.3 is 6.18 Å². The Morgan fingerprint density at radius 3 is 2.42 bits per heavy atom. The van der Waals surface area contributed by atoms with Crippen LogP contribution in [-0.2, 0) is 6.54 Å². The van der Waals surface area contributed by atoms with Crippen LogP contribution in [0.3, 0.4) is 0 Å². The van der Waals surface area contributed by atoms with Crippen LogP contribution in [-0.4, -0.2) is 24.2 Å². The third-order valence-electron chi connectivity index (χ3n) is 3.00. The topological polar surface area (TPSA) is 42.2 Å². The van der Waals surface area contributed by atoms with Crippen LogP contribution in [0.4, 0.5) is 18.3 Å². The molecule has 3 nitrogen and oxygen atoms in total. The number of aromatic nitrogens is 1. The highest BCUT2D eigenvalue weighted by Gasteiger charge is 2.32. The molecule has 1 heterocycles. The van der Waals surface area contributed by atoms with Crippen molar-refractivity contribution in [3.05, 3.63) is 10.6 Å². The summed E-state index contributed by atoms with van der Waals surface area (Å²) in [6.45, 7) is 5.35. The van der Waals surface area contributed by atoms with Gasteiger partial charge in [0.05, 0.1) is 5.69 Å². The summed E-state index contributed by atoms with van der Waals surface area (Å²) in [7, 11) is 0. The minimum Gasteiger partial charge on any atom is -0.339 e. The molecule has 0 aliphatic heterocycles. The van der Waals surface area contributed by atoms with Crippen LogP contribution >= 0.6 is 11.3 Å². The Balaban J connectivity index is 3.02. The minimum absolute atomic E-state index is 0.216. The molecule has 0 radical (unpaired) electrons. The first-order valence-electron chi connectivity index (χ1n) is 6.33. The molecule has 19 heavy (non-hydrogen) atoms. The van der Waals surface area contributed by atoms with Gasteiger partial charge in [0.15, 0.2) is 5.13 Å². The second-order valence-corrected chi connectivity index (χ2v) is 5.51. The SMILES string of the molecule is CCC(C)c1nc(N(CC)CC(F)(F)F)sc1CN. The van der Waals surface area contributed by atoms with E-state index in [2.05, 4.69) is 4.98 Å². The van der Waals surface area contributed by atoms with Crippen molar-refractivity contribution in [2.45, 2.75) is 45.8 Å². The van der Waals surface area contributed by atoms with Gasteiger partial charge in [0.2, 0.25) is 0 Å². The van der Waals surface area contributed by atoms with E-state index in [-0.39, 0.29) is 12.5 Å². The standard InChI is InChI=1S/C12H20F3N3S/c1-4-8(3)10-9(6-16)19-11(17-10)18(5-2)7-12(13,14)15/h8H,4-7,16H2,1-3H3. The van der Waals surface area contributed by atoms with Crippen LogP contribution in [0.25, 0.3) is 0 Å². The average Bonchev–Trinajstić information content (AvgIpc) is 2.77. The summed E-state index contributed by atoms with van der Waals surface area (Å²) in [4.78, 5) is 6.50. The van der Waals surface area contributed by atoms with E-state index in [1.165, 1.54) is 16.2 Å². The number of anilines is 1. The van der Waals surface area contributed by atoms with Crippen LogP contribution < -0.4 is 10.6 Å². The number of hydrogen-bond donors (Lipinski definition) is 1. The molecule has 110 valence electrons. The third kappa shape index (κ3) is 4.35. The summed E-state index contributed by atoms with van der Waals surface area (Å²) in [5.74, 6) is 0.216. The van der Waals surface area contributed by atoms with E-state index in [1.807, 2.05) is 13.8 Å². The van der Waals surface area contributed by atoms with Crippen molar-refractivity contribution in [3.63, 3.8) is 0 Å². The summed E-state index contributed by atoms with van der Waals surface area (Å²) in [6, 6.07) is 0. The fourth-order valence-corrected chi connectivity index (χ4v) is 2.86. The molecule has 0 aromatic carbocycles. The Hall–Kier alpha value is -0.820. The maximum Gasteiger partial charge on any atom is 0.406 e. The molecule has 0 saturated carbocycles. The first-order chi connectivity index (χ1) is 8.82. The van der Waals surface area contributed by atoms with Gasteiger partial charge in [0, 0.05) is 18.0 Å². The Morgan fingerprint density at radius 1 is 1.37 bits per heavy atom. The summed E-state index contributed by atoms with van der Waals surface area (Å²) in [5, 5.41) is 0.413. The van der Waals surface area contributed by atoms with Crippen molar-refractivity contribution in [1.82, 2.24) is 4.98 Å². The first-order valence-corrected chi connectivity index (χ1v) is 7.15. The molecule has 7 heteroatoms. The summed E-state index contributed by atoms with van der Waals surface area (Å²) in [6.07, 6.45) is -3.33. The second kappa shape index (κ2) is 6.56. The molecule has 0 aliphatic carbocycles. The Labute approximate surface area is 115 Å². The lowest BCUT2D eigenvalue weighted by atomic mass is 10.0. The first kappa shape index (κ1) is 16.2. The summed E-state index contributed by atoms with van der Waals surface area (Å²) < 4.78 is 37.5. The monoisotopic (exact) mass is 295 g/mol. The largest absolute Gasteiger partial charge is 0.406 e. The predicted octanol–water partition coefficient (Wildman–Crippen LogP) is 3.50. The van der Waals surface area contributed by atoms with Gasteiger partial charge in [-0.3, -0.25) is 0 Å². The minimum atomic E-state index is -4.22. The van der Waals surface area contributed by atoms with Gasteiger partial charge in [-0.05, 0) is 19.3 Å². The average molecular weight is 295 g/mol. The number of halogens is 3. The van der Waals surface area contributed by atoms with Crippen LogP contribution in [0.5, 0.6) is 0 Å². The van der Waals surface area contributed by atoms with E-state index >= 15 is 0 Å². The van der Waals surface area contributed by atoms with Crippen molar-refractivity contribution in [3.8, 4) is 0 Å². The normalized spacial score (nSPS) is 13.6. The molecule has 1 unspecified atom stereocenters. The molecular weight excluding hydrogens is 275 g/mol. The Morgan fingerprint density at radius 2 is 2.00 bits per heavy atom. The van der Waals surface area contributed by atoms with Crippen LogP contribution in [0.2, 0.25) is 0 Å². The predicted molar refractivity (Wildman–Crippen MR) is 72.7 cm³/mol. The lowest BCUT2D eigenvalue weighted by Crippen LogP contribution is -2.34. The maximum absolute atomic E-state index is 12.5. The van der Waals surface area contributed by atoms with Crippen LogP contribution in [0.15, 0.2) is 0 Å². The highest BCUT2D eigenvalue weighted by molar-refractivity contribution is 7.15. The van der Waals surface area contributed by atoms with E-state index in [1.54, 1.807) is 6.92 Å². The van der Waals surface area contributed by atoms with Crippen LogP contribution in [0, 0.1) is 0 Å². The van der Waals surface area contributed by atoms with Crippen molar-refractivity contribution >= 4 is 16.5 Å². The number of rotatable bonds is 6. The van der Waals surface area contributed by atoms with Gasteiger partial charge in [0.1, 0.15) is 6.54 Å². The zero-order valence-corrected chi connectivity index (χ0v) is 12.2. The summed E-state index contributed by atoms with van der Waals surface area (Å²) in [5.41, 5.74) is 6.49. The van der Waals surface area contributed by atoms with E-state index in [4.69, 9.17) is 5.73 Å². The van der Waals surface area contributed by atoms with Gasteiger partial charge in [-0.1, -0.05) is 13.8 Å². The third-order valence-corrected chi connectivity index (χ3v) is 4.16. The fraction of sp³-hybridized carbons (Fsp3) is 0.750. The number of hydrogen-bond acceptors (Lipinski definition) is 4. The highest BCUT2D eigenvalue weighted by Crippen LogP contribution is 2.33. The number of thiazole rings is 1. The molecule has 0 amide bonds. The molecule has 1 aromatic rings. The second-order valence-electron chi connectivity index (χ2n) is 4.45. The molecule has 1 aromatic heterocycles. The van der Waals surface area contributed by atoms with Crippen molar-refractivity contribution < 1.29 is 13.2 Å². The number of alkyl halides is 3. The van der Waals surface area contributed by atoms with Gasteiger partial charge < -0.3 is 10.6 Å². The highest BCUT2D eigenvalue weighted by atomic mass is 32.1. The Kier molecular flexibility index (Phi) is 5.61. The molecule has 0 spiro atoms. The van der Waals surface area contributed by atoms with Gasteiger partial charge in [-0.15, -0.1) is 11.3 Å². The van der Waals surface area contributed by atoms with E-state index in [9.17, 15) is 13.2 Å². The number of nitrogens with zero attached hydrogens (tertiary/aromatic N) is 2. The van der Waals surface area contributed by atoms with Crippen molar-refractivity contribution in [1.29, 1.82) is 0 Å². The zero-order chi connectivity index (χ0) is 14.6. The van der Waals surface area contributed by atoms with Crippen molar-refractivity contribution in [2.75, 3.05) is 18.0 Å². The molecule has 2 N–H and O–H groups in total. The molecule has 0 aliphatic rings. The molecule has 0 bridgehead atoms. The fourth-order valence-electron chi connectivity index (χ4n) is 1.74. The lowest BCUT2D eigenvalue weighted by Gasteiger charge is -2.21. The van der Waals surface area contributed by atoms with Gasteiger partial charge in [0.25, 0.3) is 0 Å². The molecule has 1 atom stereocenters. The van der Waals surface area contributed by atoms with E-state index in [0.717, 1.165) is 17.0 Å². The van der Waals surface area contributed by atoms with E-state index in [0.29, 0.717) is 11.7 Å². The van der Waals surface area contributed by atoms with Gasteiger partial charge in [-0.2, -0.15) is 13.2 Å². The summed E-state index contributed by atoms with van der Waals surface area (Å²) >= 11 is 1.27. The number of nitrogens with two attached hydrogens (primary N) is 1. The molecule has 0 saturated heterocycles. The quantitative estimate of drug-likeness (QED) is 0.873. The molecule has 0 fully saturated rings. The van der Waals surface area contributed by atoms with Gasteiger partial charge in [-0.25, -0.2) is 4.98 Å². The molecule has 1 rings (SSSR count). The zero-order valence-electron chi connectivity index (χ0n) is 11.4. The van der Waals surface area contributed by atoms with E-state index < -0.39 is 12.7 Å². The maximum atomic E-state index is 12.5. The lowest BCUT2D eigenvalue weighted by molar-refractivity contribution is -0.119. The van der Waals surface area contributed by atoms with Crippen LogP contribution in [0.1, 0.15) is 43.7 Å². The van der Waals surface area contributed by atoms with Crippen molar-refractivity contribution in [2.24, 2.45) is 5.73 Å².